The van der Waals surface area contributed by atoms with Gasteiger partial charge in [0, 0.05) is 22.1 Å². The zero-order valence-corrected chi connectivity index (χ0v) is 30.4. The molecule has 0 radical (unpaired) electrons. The van der Waals surface area contributed by atoms with Gasteiger partial charge in [0.05, 0.1) is 12.1 Å². The molecule has 6 N–H and O–H groups in total. The summed E-state index contributed by atoms with van der Waals surface area (Å²) >= 11 is 0. The molecule has 13 heteroatoms. The first-order chi connectivity index (χ1) is 24.8. The van der Waals surface area contributed by atoms with Gasteiger partial charge < -0.3 is 36.1 Å². The number of aliphatic carboxylic acids is 1. The summed E-state index contributed by atoms with van der Waals surface area (Å²) < 4.78 is 44.8. The molecule has 3 aliphatic carbocycles. The number of aliphatic hydroxyl groups is 1. The van der Waals surface area contributed by atoms with E-state index in [2.05, 4.69) is 10.6 Å². The SMILES string of the molecule is C[C@H](N)C(=O)N[C@@H](C)C(=O)Nc1cccc(Cc2ccc(C3O[C@@H]4C[C@H]5C[C@@](F)(C6(C)C=CC(=O)C=C6[C@H](C)F)C(O)CC5(C)C4(C(=O)O)O3)cc2)c1. The molecule has 2 aromatic carbocycles. The first kappa shape index (κ1) is 38.4. The lowest BCUT2D eigenvalue weighted by Crippen LogP contribution is -2.64. The van der Waals surface area contributed by atoms with Gasteiger partial charge in [-0.2, -0.15) is 0 Å². The van der Waals surface area contributed by atoms with Crippen LogP contribution in [0.2, 0.25) is 0 Å². The summed E-state index contributed by atoms with van der Waals surface area (Å²) in [4.78, 5) is 49.8. The van der Waals surface area contributed by atoms with Crippen LogP contribution in [0.15, 0.2) is 72.3 Å². The number of carbonyl (C=O) groups is 4. The van der Waals surface area contributed by atoms with E-state index in [1.165, 1.54) is 32.9 Å². The number of halogens is 2. The van der Waals surface area contributed by atoms with Crippen molar-refractivity contribution in [3.05, 3.63) is 89.0 Å². The maximum absolute atomic E-state index is 17.3. The van der Waals surface area contributed by atoms with Crippen LogP contribution in [0, 0.1) is 16.7 Å². The van der Waals surface area contributed by atoms with Crippen LogP contribution in [0.4, 0.5) is 14.5 Å². The Balaban J connectivity index is 1.16. The van der Waals surface area contributed by atoms with E-state index in [1.807, 2.05) is 30.3 Å². The highest BCUT2D eigenvalue weighted by atomic mass is 19.1. The van der Waals surface area contributed by atoms with E-state index in [0.29, 0.717) is 17.7 Å². The standard InChI is InChI=1S/C40H47F2N3O8/c1-21(41)30-18-29(46)13-14-37(30,4)39(42)19-27-17-32-40(36(50)51,38(27,5)20-31(39)47)53-35(52-32)26-11-9-24(10-12-26)15-25-7-6-8-28(16-25)45-34(49)23(3)44-33(48)22(2)43/h6-14,16,18,21-23,27,31-32,35,47H,15,17,19-20,43H2,1-5H3,(H,44,48)(H,45,49)(H,50,51)/t21-,22-,23-,27-,31?,32+,35?,37?,38?,39-,40?/m0/s1. The van der Waals surface area contributed by atoms with Crippen molar-refractivity contribution in [1.82, 2.24) is 5.32 Å². The summed E-state index contributed by atoms with van der Waals surface area (Å²) in [6.45, 7) is 7.49. The molecule has 6 rings (SSSR count). The fraction of sp³-hybridized carbons (Fsp3) is 0.500. The van der Waals surface area contributed by atoms with Crippen molar-refractivity contribution >= 4 is 29.3 Å². The number of carboxylic acids is 1. The minimum atomic E-state index is -2.39. The second-order valence-corrected chi connectivity index (χ2v) is 15.5. The molecule has 284 valence electrons. The molecule has 1 saturated heterocycles. The van der Waals surface area contributed by atoms with Crippen LogP contribution in [0.1, 0.15) is 76.9 Å². The fourth-order valence-electron chi connectivity index (χ4n) is 8.94. The number of ketones is 1. The predicted molar refractivity (Wildman–Crippen MR) is 191 cm³/mol. The van der Waals surface area contributed by atoms with Crippen molar-refractivity contribution in [2.45, 2.75) is 108 Å². The molecule has 53 heavy (non-hydrogen) atoms. The number of aliphatic hydroxyl groups excluding tert-OH is 1. The number of amides is 2. The highest BCUT2D eigenvalue weighted by Crippen LogP contribution is 2.68. The van der Waals surface area contributed by atoms with Crippen LogP contribution in [0.25, 0.3) is 0 Å². The van der Waals surface area contributed by atoms with Crippen molar-refractivity contribution < 1.29 is 47.6 Å². The molecule has 11 atom stereocenters. The number of rotatable bonds is 10. The quantitative estimate of drug-likeness (QED) is 0.233. The predicted octanol–water partition coefficient (Wildman–Crippen LogP) is 4.62. The van der Waals surface area contributed by atoms with Crippen molar-refractivity contribution in [3.8, 4) is 0 Å². The number of hydrogen-bond acceptors (Lipinski definition) is 8. The van der Waals surface area contributed by atoms with Crippen LogP contribution >= 0.6 is 0 Å². The average Bonchev–Trinajstić information content (AvgIpc) is 3.59. The number of carboxylic acid groups (broad SMARTS) is 1. The number of nitrogens with two attached hydrogens (primary N) is 1. The van der Waals surface area contributed by atoms with E-state index in [0.717, 1.165) is 17.2 Å². The Morgan fingerprint density at radius 3 is 2.38 bits per heavy atom. The fourth-order valence-corrected chi connectivity index (χ4v) is 8.94. The Morgan fingerprint density at radius 2 is 1.74 bits per heavy atom. The Hall–Kier alpha value is -4.30. The third-order valence-corrected chi connectivity index (χ3v) is 12.1. The van der Waals surface area contributed by atoms with Gasteiger partial charge in [0.2, 0.25) is 11.8 Å². The molecule has 1 aliphatic heterocycles. The topological polar surface area (TPSA) is 177 Å². The lowest BCUT2D eigenvalue weighted by molar-refractivity contribution is -0.214. The molecule has 2 aromatic rings. The van der Waals surface area contributed by atoms with Gasteiger partial charge >= 0.3 is 5.97 Å². The second-order valence-electron chi connectivity index (χ2n) is 15.5. The largest absolute Gasteiger partial charge is 0.479 e. The Morgan fingerprint density at radius 1 is 1.04 bits per heavy atom. The monoisotopic (exact) mass is 735 g/mol. The van der Waals surface area contributed by atoms with Crippen molar-refractivity contribution in [2.75, 3.05) is 5.32 Å². The third-order valence-electron chi connectivity index (χ3n) is 12.1. The van der Waals surface area contributed by atoms with Gasteiger partial charge in [-0.15, -0.1) is 0 Å². The normalized spacial score (nSPS) is 35.0. The molecule has 11 nitrogen and oxygen atoms in total. The molecule has 2 saturated carbocycles. The van der Waals surface area contributed by atoms with Gasteiger partial charge in [0.25, 0.3) is 0 Å². The lowest BCUT2D eigenvalue weighted by Gasteiger charge is -2.56. The Labute approximate surface area is 307 Å². The lowest BCUT2D eigenvalue weighted by atomic mass is 9.52. The minimum Gasteiger partial charge on any atom is -0.479 e. The van der Waals surface area contributed by atoms with E-state index in [9.17, 15) is 33.8 Å². The number of ether oxygens (including phenoxy) is 2. The molecule has 0 bridgehead atoms. The number of alkyl halides is 2. The van der Waals surface area contributed by atoms with Crippen molar-refractivity contribution in [1.29, 1.82) is 0 Å². The Bertz CT molecular complexity index is 1870. The maximum Gasteiger partial charge on any atom is 0.339 e. The number of carbonyl (C=O) groups excluding carboxylic acids is 3. The van der Waals surface area contributed by atoms with E-state index in [-0.39, 0.29) is 30.7 Å². The number of hydrogen-bond donors (Lipinski definition) is 5. The molecule has 4 aliphatic rings. The summed E-state index contributed by atoms with van der Waals surface area (Å²) in [7, 11) is 0. The highest BCUT2D eigenvalue weighted by molar-refractivity contribution is 6.01. The molecule has 2 amide bonds. The highest BCUT2D eigenvalue weighted by Gasteiger charge is 2.77. The molecular formula is C40H47F2N3O8. The summed E-state index contributed by atoms with van der Waals surface area (Å²) in [5, 5.41) is 27.6. The Kier molecular flexibility index (Phi) is 10.0. The van der Waals surface area contributed by atoms with Gasteiger partial charge in [0.1, 0.15) is 24.0 Å². The van der Waals surface area contributed by atoms with Crippen LogP contribution < -0.4 is 16.4 Å². The zero-order valence-electron chi connectivity index (χ0n) is 30.4. The van der Waals surface area contributed by atoms with Gasteiger partial charge in [-0.1, -0.05) is 49.4 Å². The molecule has 1 heterocycles. The zero-order chi connectivity index (χ0) is 38.7. The maximum atomic E-state index is 17.3. The van der Waals surface area contributed by atoms with Gasteiger partial charge in [-0.05, 0) is 100 Å². The minimum absolute atomic E-state index is 0.0635. The molecule has 0 aromatic heterocycles. The van der Waals surface area contributed by atoms with Crippen LogP contribution in [0.5, 0.6) is 0 Å². The van der Waals surface area contributed by atoms with E-state index in [4.69, 9.17) is 15.2 Å². The summed E-state index contributed by atoms with van der Waals surface area (Å²) in [5.74, 6) is -3.15. The van der Waals surface area contributed by atoms with E-state index < -0.39 is 82.4 Å². The second kappa shape index (κ2) is 13.8. The molecule has 5 unspecified atom stereocenters. The smallest absolute Gasteiger partial charge is 0.339 e. The van der Waals surface area contributed by atoms with Gasteiger partial charge in [0.15, 0.2) is 17.7 Å². The number of anilines is 1. The van der Waals surface area contributed by atoms with Gasteiger partial charge in [-0.25, -0.2) is 13.6 Å². The van der Waals surface area contributed by atoms with Crippen molar-refractivity contribution in [3.63, 3.8) is 0 Å². The van der Waals surface area contributed by atoms with Crippen LogP contribution in [-0.2, 0) is 35.1 Å². The average molecular weight is 736 g/mol. The molecule has 3 fully saturated rings. The van der Waals surface area contributed by atoms with E-state index >= 15 is 4.39 Å². The summed E-state index contributed by atoms with van der Waals surface area (Å²) in [6, 6.07) is 13.1. The van der Waals surface area contributed by atoms with Crippen molar-refractivity contribution in [2.24, 2.45) is 22.5 Å². The summed E-state index contributed by atoms with van der Waals surface area (Å²) in [6.07, 6.45) is -1.64. The van der Waals surface area contributed by atoms with Gasteiger partial charge in [-0.3, -0.25) is 14.4 Å². The number of nitrogens with one attached hydrogen (secondary N) is 2. The molecule has 0 spiro atoms. The number of fused-ring (bicyclic) bond motifs is 3. The van der Waals surface area contributed by atoms with E-state index in [1.54, 1.807) is 32.0 Å². The van der Waals surface area contributed by atoms with Crippen LogP contribution in [0.3, 0.4) is 0 Å². The van der Waals surface area contributed by atoms with Crippen LogP contribution in [-0.4, -0.2) is 75.5 Å². The first-order valence-electron chi connectivity index (χ1n) is 17.9. The third kappa shape index (κ3) is 6.41. The summed E-state index contributed by atoms with van der Waals surface area (Å²) in [5.41, 5.74) is 1.33. The molecular weight excluding hydrogens is 688 g/mol. The number of benzene rings is 2. The number of allylic oxidation sites excluding steroid dienone is 4. The first-order valence-corrected chi connectivity index (χ1v) is 17.9.